The van der Waals surface area contributed by atoms with E-state index >= 15 is 0 Å². The quantitative estimate of drug-likeness (QED) is 0.921. The molecule has 2 N–H and O–H groups in total. The monoisotopic (exact) mass is 290 g/mol. The van der Waals surface area contributed by atoms with Crippen molar-refractivity contribution in [1.82, 2.24) is 4.90 Å². The van der Waals surface area contributed by atoms with Crippen LogP contribution in [0.4, 0.5) is 0 Å². The molecule has 1 amide bonds. The van der Waals surface area contributed by atoms with E-state index in [9.17, 15) is 4.79 Å². The second kappa shape index (κ2) is 6.58. The van der Waals surface area contributed by atoms with Gasteiger partial charge in [-0.1, -0.05) is 29.8 Å². The molecular formula is C17H26N2O2. The Morgan fingerprint density at radius 3 is 2.67 bits per heavy atom. The van der Waals surface area contributed by atoms with Crippen molar-refractivity contribution in [1.29, 1.82) is 0 Å². The molecule has 116 valence electrons. The third-order valence-electron chi connectivity index (χ3n) is 3.85. The van der Waals surface area contributed by atoms with Crippen molar-refractivity contribution in [2.75, 3.05) is 19.6 Å². The van der Waals surface area contributed by atoms with Crippen LogP contribution in [0.2, 0.25) is 0 Å². The van der Waals surface area contributed by atoms with Gasteiger partial charge in [0.15, 0.2) is 0 Å². The van der Waals surface area contributed by atoms with E-state index in [2.05, 4.69) is 31.2 Å². The highest BCUT2D eigenvalue weighted by atomic mass is 16.5. The molecule has 1 atom stereocenters. The third-order valence-corrected chi connectivity index (χ3v) is 3.85. The van der Waals surface area contributed by atoms with E-state index in [1.807, 2.05) is 18.7 Å². The topological polar surface area (TPSA) is 55.6 Å². The Morgan fingerprint density at radius 1 is 1.38 bits per heavy atom. The Hall–Kier alpha value is -1.39. The normalized spacial score (nSPS) is 21.3. The summed E-state index contributed by atoms with van der Waals surface area (Å²) in [4.78, 5) is 14.3. The molecule has 1 heterocycles. The van der Waals surface area contributed by atoms with E-state index in [1.165, 1.54) is 11.1 Å². The van der Waals surface area contributed by atoms with Gasteiger partial charge in [-0.25, -0.2) is 0 Å². The lowest BCUT2D eigenvalue weighted by atomic mass is 10.0. The smallest absolute Gasteiger partial charge is 0.223 e. The molecule has 4 nitrogen and oxygen atoms in total. The van der Waals surface area contributed by atoms with Crippen LogP contribution in [0.25, 0.3) is 0 Å². The maximum Gasteiger partial charge on any atom is 0.223 e. The van der Waals surface area contributed by atoms with Gasteiger partial charge in [0.25, 0.3) is 0 Å². The van der Waals surface area contributed by atoms with Crippen molar-refractivity contribution in [3.63, 3.8) is 0 Å². The summed E-state index contributed by atoms with van der Waals surface area (Å²) in [6, 6.07) is 8.35. The number of carbonyl (C=O) groups excluding carboxylic acids is 1. The SMILES string of the molecule is Cc1ccc(CCC(=O)N2CC(CN)OC(C)(C)C2)cc1. The Balaban J connectivity index is 1.91. The van der Waals surface area contributed by atoms with Crippen molar-refractivity contribution >= 4 is 5.91 Å². The summed E-state index contributed by atoms with van der Waals surface area (Å²) in [5, 5.41) is 0. The molecule has 0 radical (unpaired) electrons. The minimum absolute atomic E-state index is 0.0583. The molecule has 1 aliphatic rings. The van der Waals surface area contributed by atoms with Crippen molar-refractivity contribution in [3.8, 4) is 0 Å². The summed E-state index contributed by atoms with van der Waals surface area (Å²) in [6.07, 6.45) is 1.26. The van der Waals surface area contributed by atoms with Crippen LogP contribution in [-0.4, -0.2) is 42.1 Å². The second-order valence-electron chi connectivity index (χ2n) is 6.50. The molecule has 1 saturated heterocycles. The highest BCUT2D eigenvalue weighted by molar-refractivity contribution is 5.76. The van der Waals surface area contributed by atoms with Crippen LogP contribution in [0, 0.1) is 6.92 Å². The van der Waals surface area contributed by atoms with Crippen molar-refractivity contribution in [3.05, 3.63) is 35.4 Å². The van der Waals surface area contributed by atoms with E-state index in [1.54, 1.807) is 0 Å². The lowest BCUT2D eigenvalue weighted by Gasteiger charge is -2.42. The molecule has 1 fully saturated rings. The Morgan fingerprint density at radius 2 is 2.05 bits per heavy atom. The molecule has 4 heteroatoms. The molecule has 0 saturated carbocycles. The van der Waals surface area contributed by atoms with Gasteiger partial charge in [0.1, 0.15) is 0 Å². The maximum absolute atomic E-state index is 12.4. The number of hydrogen-bond donors (Lipinski definition) is 1. The zero-order valence-corrected chi connectivity index (χ0v) is 13.3. The lowest BCUT2D eigenvalue weighted by Crippen LogP contribution is -2.56. The number of aryl methyl sites for hydroxylation is 2. The van der Waals surface area contributed by atoms with Gasteiger partial charge in [-0.3, -0.25) is 4.79 Å². The van der Waals surface area contributed by atoms with E-state index in [4.69, 9.17) is 10.5 Å². The highest BCUT2D eigenvalue weighted by Gasteiger charge is 2.34. The van der Waals surface area contributed by atoms with Gasteiger partial charge >= 0.3 is 0 Å². The van der Waals surface area contributed by atoms with Crippen LogP contribution in [-0.2, 0) is 16.0 Å². The highest BCUT2D eigenvalue weighted by Crippen LogP contribution is 2.21. The number of amides is 1. The molecule has 21 heavy (non-hydrogen) atoms. The first-order chi connectivity index (χ1) is 9.89. The van der Waals surface area contributed by atoms with Gasteiger partial charge in [-0.2, -0.15) is 0 Å². The zero-order valence-electron chi connectivity index (χ0n) is 13.3. The number of morpholine rings is 1. The molecule has 0 bridgehead atoms. The van der Waals surface area contributed by atoms with Gasteiger partial charge in [0.2, 0.25) is 5.91 Å². The molecule has 1 aromatic carbocycles. The Bertz CT molecular complexity index is 482. The summed E-state index contributed by atoms with van der Waals surface area (Å²) in [7, 11) is 0. The first kappa shape index (κ1) is 16.0. The fraction of sp³-hybridized carbons (Fsp3) is 0.588. The van der Waals surface area contributed by atoms with E-state index < -0.39 is 0 Å². The summed E-state index contributed by atoms with van der Waals surface area (Å²) >= 11 is 0. The number of nitrogens with two attached hydrogens (primary N) is 1. The first-order valence-corrected chi connectivity index (χ1v) is 7.61. The summed E-state index contributed by atoms with van der Waals surface area (Å²) in [6.45, 7) is 7.77. The van der Waals surface area contributed by atoms with Crippen molar-refractivity contribution < 1.29 is 9.53 Å². The van der Waals surface area contributed by atoms with Gasteiger partial charge in [-0.15, -0.1) is 0 Å². The Kier molecular flexibility index (Phi) is 5.01. The maximum atomic E-state index is 12.4. The number of hydrogen-bond acceptors (Lipinski definition) is 3. The third kappa shape index (κ3) is 4.55. The summed E-state index contributed by atoms with van der Waals surface area (Å²) < 4.78 is 5.86. The fourth-order valence-electron chi connectivity index (χ4n) is 2.77. The van der Waals surface area contributed by atoms with Gasteiger partial charge in [0.05, 0.1) is 11.7 Å². The zero-order chi connectivity index (χ0) is 15.5. The average molecular weight is 290 g/mol. The molecule has 0 aromatic heterocycles. The molecule has 1 unspecified atom stereocenters. The molecule has 0 aliphatic carbocycles. The Labute approximate surface area is 127 Å². The standard InChI is InChI=1S/C17H26N2O2/c1-13-4-6-14(7-5-13)8-9-16(20)19-11-15(10-18)21-17(2,3)12-19/h4-7,15H,8-12,18H2,1-3H3. The second-order valence-corrected chi connectivity index (χ2v) is 6.50. The average Bonchev–Trinajstić information content (AvgIpc) is 2.44. The minimum atomic E-state index is -0.318. The van der Waals surface area contributed by atoms with Crippen LogP contribution in [0.3, 0.4) is 0 Å². The molecule has 2 rings (SSSR count). The summed E-state index contributed by atoms with van der Waals surface area (Å²) in [5.74, 6) is 0.186. The number of ether oxygens (including phenoxy) is 1. The van der Waals surface area contributed by atoms with E-state index in [0.717, 1.165) is 6.42 Å². The fourth-order valence-corrected chi connectivity index (χ4v) is 2.77. The molecule has 1 aliphatic heterocycles. The van der Waals surface area contributed by atoms with Gasteiger partial charge in [0, 0.05) is 26.1 Å². The number of benzene rings is 1. The van der Waals surface area contributed by atoms with E-state index in [0.29, 0.717) is 26.1 Å². The summed E-state index contributed by atoms with van der Waals surface area (Å²) in [5.41, 5.74) is 7.83. The predicted molar refractivity (Wildman–Crippen MR) is 84.1 cm³/mol. The molecule has 1 aromatic rings. The minimum Gasteiger partial charge on any atom is -0.367 e. The number of carbonyl (C=O) groups is 1. The van der Waals surface area contributed by atoms with Crippen LogP contribution >= 0.6 is 0 Å². The largest absolute Gasteiger partial charge is 0.367 e. The van der Waals surface area contributed by atoms with Crippen LogP contribution < -0.4 is 5.73 Å². The van der Waals surface area contributed by atoms with Gasteiger partial charge in [-0.05, 0) is 32.8 Å². The van der Waals surface area contributed by atoms with E-state index in [-0.39, 0.29) is 17.6 Å². The molecular weight excluding hydrogens is 264 g/mol. The first-order valence-electron chi connectivity index (χ1n) is 7.61. The predicted octanol–water partition coefficient (Wildman–Crippen LogP) is 1.89. The van der Waals surface area contributed by atoms with Crippen molar-refractivity contribution in [2.45, 2.75) is 45.3 Å². The van der Waals surface area contributed by atoms with Crippen LogP contribution in [0.15, 0.2) is 24.3 Å². The van der Waals surface area contributed by atoms with Gasteiger partial charge < -0.3 is 15.4 Å². The number of rotatable bonds is 4. The molecule has 0 spiro atoms. The van der Waals surface area contributed by atoms with Crippen molar-refractivity contribution in [2.24, 2.45) is 5.73 Å². The van der Waals surface area contributed by atoms with Crippen LogP contribution in [0.5, 0.6) is 0 Å². The van der Waals surface area contributed by atoms with Crippen LogP contribution in [0.1, 0.15) is 31.4 Å². The number of nitrogens with zero attached hydrogens (tertiary/aromatic N) is 1. The lowest BCUT2D eigenvalue weighted by molar-refractivity contribution is -0.159.